The lowest BCUT2D eigenvalue weighted by Gasteiger charge is -2.13. The average molecular weight is 339 g/mol. The van der Waals surface area contributed by atoms with E-state index in [4.69, 9.17) is 9.15 Å². The lowest BCUT2D eigenvalue weighted by molar-refractivity contribution is 0.0917. The Kier molecular flexibility index (Phi) is 6.04. The molecule has 0 spiro atoms. The summed E-state index contributed by atoms with van der Waals surface area (Å²) in [5.41, 5.74) is 3.25. The normalized spacial score (nSPS) is 12.4. The molecule has 0 saturated heterocycles. The van der Waals surface area contributed by atoms with Gasteiger partial charge < -0.3 is 14.5 Å². The number of aromatic amines is 1. The minimum Gasteiger partial charge on any atom is -0.460 e. The van der Waals surface area contributed by atoms with Crippen LogP contribution in [0, 0.1) is 12.8 Å². The van der Waals surface area contributed by atoms with Crippen LogP contribution in [0.5, 0.6) is 0 Å². The molecule has 3 aromatic rings. The third kappa shape index (κ3) is 5.05. The fraction of sp³-hybridized carbons (Fsp3) is 0.350. The van der Waals surface area contributed by atoms with Crippen molar-refractivity contribution in [2.24, 2.45) is 5.92 Å². The summed E-state index contributed by atoms with van der Waals surface area (Å²) in [4.78, 5) is 0. The maximum Gasteiger partial charge on any atom is 0.152 e. The van der Waals surface area contributed by atoms with Gasteiger partial charge in [-0.2, -0.15) is 5.10 Å². The third-order valence-electron chi connectivity index (χ3n) is 4.03. The van der Waals surface area contributed by atoms with E-state index in [1.54, 1.807) is 0 Å². The minimum absolute atomic E-state index is 0.435. The summed E-state index contributed by atoms with van der Waals surface area (Å²) in [6, 6.07) is 14.2. The summed E-state index contributed by atoms with van der Waals surface area (Å²) in [5, 5.41) is 10.6. The van der Waals surface area contributed by atoms with Crippen LogP contribution in [0.3, 0.4) is 0 Å². The van der Waals surface area contributed by atoms with E-state index in [-0.39, 0.29) is 0 Å². The van der Waals surface area contributed by atoms with Crippen LogP contribution in [0.2, 0.25) is 0 Å². The van der Waals surface area contributed by atoms with E-state index in [0.717, 1.165) is 42.5 Å². The van der Waals surface area contributed by atoms with E-state index in [0.29, 0.717) is 12.5 Å². The number of furan rings is 1. The van der Waals surface area contributed by atoms with Crippen LogP contribution in [0.15, 0.2) is 53.1 Å². The Morgan fingerprint density at radius 2 is 2.04 bits per heavy atom. The smallest absolute Gasteiger partial charge is 0.152 e. The van der Waals surface area contributed by atoms with Crippen LogP contribution < -0.4 is 5.32 Å². The van der Waals surface area contributed by atoms with Crippen molar-refractivity contribution in [2.75, 3.05) is 13.2 Å². The minimum atomic E-state index is 0.435. The molecule has 25 heavy (non-hydrogen) atoms. The van der Waals surface area contributed by atoms with Gasteiger partial charge in [0.05, 0.1) is 19.4 Å². The number of rotatable bonds is 9. The fourth-order valence-corrected chi connectivity index (χ4v) is 2.69. The molecule has 2 N–H and O–H groups in total. The molecular formula is C20H25N3O2. The first-order chi connectivity index (χ1) is 12.2. The summed E-state index contributed by atoms with van der Waals surface area (Å²) in [6.07, 6.45) is 1.84. The van der Waals surface area contributed by atoms with Crippen molar-refractivity contribution in [3.05, 3.63) is 65.5 Å². The van der Waals surface area contributed by atoms with E-state index < -0.39 is 0 Å². The van der Waals surface area contributed by atoms with Crippen molar-refractivity contribution in [3.63, 3.8) is 0 Å². The van der Waals surface area contributed by atoms with Crippen molar-refractivity contribution in [1.82, 2.24) is 15.5 Å². The van der Waals surface area contributed by atoms with Crippen molar-refractivity contribution in [1.29, 1.82) is 0 Å². The highest BCUT2D eigenvalue weighted by molar-refractivity contribution is 5.56. The summed E-state index contributed by atoms with van der Waals surface area (Å²) in [7, 11) is 0. The quantitative estimate of drug-likeness (QED) is 0.620. The highest BCUT2D eigenvalue weighted by Gasteiger charge is 2.11. The Balaban J connectivity index is 1.40. The molecule has 0 fully saturated rings. The SMILES string of the molecule is Cc1ccc(-c2[nH]ncc2CNCC(C)COCc2ccccc2)o1. The van der Waals surface area contributed by atoms with Crippen LogP contribution in [0.1, 0.15) is 23.8 Å². The van der Waals surface area contributed by atoms with Crippen LogP contribution >= 0.6 is 0 Å². The predicted molar refractivity (Wildman–Crippen MR) is 98.0 cm³/mol. The number of H-pyrrole nitrogens is 1. The van der Waals surface area contributed by atoms with Crippen LogP contribution in [-0.2, 0) is 17.9 Å². The molecular weight excluding hydrogens is 314 g/mol. The maximum atomic E-state index is 5.79. The van der Waals surface area contributed by atoms with Gasteiger partial charge in [0.15, 0.2) is 5.76 Å². The topological polar surface area (TPSA) is 63.1 Å². The average Bonchev–Trinajstić information content (AvgIpc) is 3.24. The molecule has 1 unspecified atom stereocenters. The first-order valence-electron chi connectivity index (χ1n) is 8.64. The highest BCUT2D eigenvalue weighted by atomic mass is 16.5. The molecule has 5 heteroatoms. The van der Waals surface area contributed by atoms with Gasteiger partial charge in [0.1, 0.15) is 11.5 Å². The first-order valence-corrected chi connectivity index (χ1v) is 8.64. The van der Waals surface area contributed by atoms with E-state index >= 15 is 0 Å². The van der Waals surface area contributed by atoms with E-state index in [1.165, 1.54) is 5.56 Å². The molecule has 0 aliphatic rings. The molecule has 0 aliphatic heterocycles. The molecule has 1 atom stereocenters. The second kappa shape index (κ2) is 8.65. The van der Waals surface area contributed by atoms with Gasteiger partial charge in [-0.05, 0) is 30.5 Å². The number of nitrogens with zero attached hydrogens (tertiary/aromatic N) is 1. The van der Waals surface area contributed by atoms with Gasteiger partial charge in [0.2, 0.25) is 0 Å². The molecule has 0 saturated carbocycles. The molecule has 132 valence electrons. The first kappa shape index (κ1) is 17.5. The Morgan fingerprint density at radius 1 is 1.20 bits per heavy atom. The Hall–Kier alpha value is -2.37. The van der Waals surface area contributed by atoms with Gasteiger partial charge in [0, 0.05) is 18.7 Å². The zero-order valence-electron chi connectivity index (χ0n) is 14.8. The maximum absolute atomic E-state index is 5.79. The highest BCUT2D eigenvalue weighted by Crippen LogP contribution is 2.23. The van der Waals surface area contributed by atoms with Gasteiger partial charge >= 0.3 is 0 Å². The van der Waals surface area contributed by atoms with Gasteiger partial charge in [-0.3, -0.25) is 5.10 Å². The third-order valence-corrected chi connectivity index (χ3v) is 4.03. The van der Waals surface area contributed by atoms with Crippen molar-refractivity contribution in [3.8, 4) is 11.5 Å². The summed E-state index contributed by atoms with van der Waals surface area (Å²) < 4.78 is 11.5. The zero-order valence-corrected chi connectivity index (χ0v) is 14.8. The summed E-state index contributed by atoms with van der Waals surface area (Å²) in [6.45, 7) is 7.15. The number of hydrogen-bond donors (Lipinski definition) is 2. The second-order valence-electron chi connectivity index (χ2n) is 6.42. The van der Waals surface area contributed by atoms with Gasteiger partial charge in [0.25, 0.3) is 0 Å². The molecule has 2 heterocycles. The van der Waals surface area contributed by atoms with Crippen LogP contribution in [0.25, 0.3) is 11.5 Å². The molecule has 0 bridgehead atoms. The van der Waals surface area contributed by atoms with E-state index in [1.807, 2.05) is 43.5 Å². The molecule has 0 radical (unpaired) electrons. The Labute approximate surface area is 148 Å². The standard InChI is InChI=1S/C20H25N3O2/c1-15(13-24-14-17-6-4-3-5-7-17)10-21-11-18-12-22-23-20(18)19-9-8-16(2)25-19/h3-9,12,15,21H,10-11,13-14H2,1-2H3,(H,22,23). The molecule has 2 aromatic heterocycles. The number of hydrogen-bond acceptors (Lipinski definition) is 4. The number of nitrogens with one attached hydrogen (secondary N) is 2. The molecule has 1 aromatic carbocycles. The number of benzene rings is 1. The number of aryl methyl sites for hydroxylation is 1. The zero-order chi connectivity index (χ0) is 17.5. The van der Waals surface area contributed by atoms with Crippen LogP contribution in [0.4, 0.5) is 0 Å². The summed E-state index contributed by atoms with van der Waals surface area (Å²) in [5.74, 6) is 2.16. The number of ether oxygens (including phenoxy) is 1. The molecule has 5 nitrogen and oxygen atoms in total. The monoisotopic (exact) mass is 339 g/mol. The molecule has 0 amide bonds. The van der Waals surface area contributed by atoms with E-state index in [9.17, 15) is 0 Å². The lowest BCUT2D eigenvalue weighted by atomic mass is 10.1. The van der Waals surface area contributed by atoms with Gasteiger partial charge in [-0.15, -0.1) is 0 Å². The number of aromatic nitrogens is 2. The Morgan fingerprint density at radius 3 is 2.80 bits per heavy atom. The lowest BCUT2D eigenvalue weighted by Crippen LogP contribution is -2.23. The van der Waals surface area contributed by atoms with Gasteiger partial charge in [-0.25, -0.2) is 0 Å². The van der Waals surface area contributed by atoms with Crippen molar-refractivity contribution >= 4 is 0 Å². The Bertz CT molecular complexity index is 764. The van der Waals surface area contributed by atoms with Crippen molar-refractivity contribution in [2.45, 2.75) is 27.0 Å². The summed E-state index contributed by atoms with van der Waals surface area (Å²) >= 11 is 0. The second-order valence-corrected chi connectivity index (χ2v) is 6.42. The molecule has 0 aliphatic carbocycles. The van der Waals surface area contributed by atoms with Crippen LogP contribution in [-0.4, -0.2) is 23.3 Å². The fourth-order valence-electron chi connectivity index (χ4n) is 2.69. The van der Waals surface area contributed by atoms with Crippen molar-refractivity contribution < 1.29 is 9.15 Å². The van der Waals surface area contributed by atoms with E-state index in [2.05, 4.69) is 34.6 Å². The molecule has 3 rings (SSSR count). The largest absolute Gasteiger partial charge is 0.460 e. The van der Waals surface area contributed by atoms with Gasteiger partial charge in [-0.1, -0.05) is 37.3 Å². The predicted octanol–water partition coefficient (Wildman–Crippen LogP) is 3.92.